The van der Waals surface area contributed by atoms with Gasteiger partial charge in [0.2, 0.25) is 0 Å². The third-order valence-electron chi connectivity index (χ3n) is 5.91. The fourth-order valence-corrected chi connectivity index (χ4v) is 4.11. The van der Waals surface area contributed by atoms with E-state index in [2.05, 4.69) is 10.6 Å². The molecule has 3 aromatic carbocycles. The maximum absolute atomic E-state index is 13.0. The van der Waals surface area contributed by atoms with E-state index in [0.29, 0.717) is 30.8 Å². The highest BCUT2D eigenvalue weighted by atomic mass is 16.5. The van der Waals surface area contributed by atoms with Crippen molar-refractivity contribution >= 4 is 17.5 Å². The van der Waals surface area contributed by atoms with E-state index in [-0.39, 0.29) is 11.8 Å². The van der Waals surface area contributed by atoms with Crippen molar-refractivity contribution in [3.05, 3.63) is 102 Å². The van der Waals surface area contributed by atoms with Gasteiger partial charge in [-0.2, -0.15) is 5.10 Å². The molecule has 35 heavy (non-hydrogen) atoms. The van der Waals surface area contributed by atoms with Crippen LogP contribution in [0.1, 0.15) is 28.8 Å². The zero-order valence-electron chi connectivity index (χ0n) is 19.2. The Labute approximate surface area is 203 Å². The zero-order chi connectivity index (χ0) is 24.0. The first-order chi connectivity index (χ1) is 17.2. The lowest BCUT2D eigenvalue weighted by molar-refractivity contribution is -0.124. The Hall–Kier alpha value is -4.23. The summed E-state index contributed by atoms with van der Waals surface area (Å²) in [5.41, 5.74) is 4.66. The van der Waals surface area contributed by atoms with Gasteiger partial charge in [0.1, 0.15) is 6.10 Å². The summed E-state index contributed by atoms with van der Waals surface area (Å²) in [4.78, 5) is 25.3. The summed E-state index contributed by atoms with van der Waals surface area (Å²) in [6.07, 6.45) is 3.11. The second-order valence-electron chi connectivity index (χ2n) is 8.40. The van der Waals surface area contributed by atoms with E-state index in [1.54, 1.807) is 24.3 Å². The SMILES string of the molecule is O=C(NCc1cn(-c2ccccc2)nc1-c1ccccc1)c1cccc(NC(=O)C2CCCO2)c1. The van der Waals surface area contributed by atoms with Gasteiger partial charge in [-0.25, -0.2) is 4.68 Å². The number of carbonyl (C=O) groups excluding carboxylic acids is 2. The average molecular weight is 467 g/mol. The van der Waals surface area contributed by atoms with Crippen molar-refractivity contribution < 1.29 is 14.3 Å². The van der Waals surface area contributed by atoms with Gasteiger partial charge in [-0.1, -0.05) is 54.6 Å². The first kappa shape index (κ1) is 22.6. The number of para-hydroxylation sites is 1. The van der Waals surface area contributed by atoms with Crippen molar-refractivity contribution in [3.63, 3.8) is 0 Å². The monoisotopic (exact) mass is 466 g/mol. The number of rotatable bonds is 7. The fourth-order valence-electron chi connectivity index (χ4n) is 4.11. The molecule has 1 unspecified atom stereocenters. The number of aromatic nitrogens is 2. The summed E-state index contributed by atoms with van der Waals surface area (Å²) >= 11 is 0. The fraction of sp³-hybridized carbons (Fsp3) is 0.179. The molecule has 2 amide bonds. The Morgan fingerprint density at radius 1 is 0.971 bits per heavy atom. The number of anilines is 1. The van der Waals surface area contributed by atoms with Crippen LogP contribution in [-0.2, 0) is 16.1 Å². The highest BCUT2D eigenvalue weighted by molar-refractivity contribution is 5.98. The molecule has 2 N–H and O–H groups in total. The number of benzene rings is 3. The van der Waals surface area contributed by atoms with Crippen LogP contribution in [0.5, 0.6) is 0 Å². The molecule has 1 fully saturated rings. The Morgan fingerprint density at radius 3 is 2.49 bits per heavy atom. The summed E-state index contributed by atoms with van der Waals surface area (Å²) in [6.45, 7) is 0.911. The number of nitrogens with one attached hydrogen (secondary N) is 2. The number of hydrogen-bond acceptors (Lipinski definition) is 4. The first-order valence-electron chi connectivity index (χ1n) is 11.7. The molecule has 1 aliphatic heterocycles. The average Bonchev–Trinajstić information content (AvgIpc) is 3.59. The third kappa shape index (κ3) is 5.31. The molecule has 1 aromatic heterocycles. The number of amides is 2. The number of hydrogen-bond donors (Lipinski definition) is 2. The van der Waals surface area contributed by atoms with Crippen LogP contribution < -0.4 is 10.6 Å². The smallest absolute Gasteiger partial charge is 0.253 e. The van der Waals surface area contributed by atoms with E-state index >= 15 is 0 Å². The van der Waals surface area contributed by atoms with E-state index in [9.17, 15) is 9.59 Å². The Bertz CT molecular complexity index is 1310. The lowest BCUT2D eigenvalue weighted by Gasteiger charge is -2.11. The van der Waals surface area contributed by atoms with Crippen LogP contribution in [0.4, 0.5) is 5.69 Å². The van der Waals surface area contributed by atoms with Crippen molar-refractivity contribution in [1.29, 1.82) is 0 Å². The van der Waals surface area contributed by atoms with E-state index in [0.717, 1.165) is 28.9 Å². The molecule has 0 aliphatic carbocycles. The van der Waals surface area contributed by atoms with E-state index in [1.807, 2.05) is 71.5 Å². The van der Waals surface area contributed by atoms with Crippen molar-refractivity contribution in [1.82, 2.24) is 15.1 Å². The predicted octanol–water partition coefficient (Wildman–Crippen LogP) is 4.59. The molecule has 7 nitrogen and oxygen atoms in total. The van der Waals surface area contributed by atoms with Crippen LogP contribution in [0.15, 0.2) is 91.1 Å². The molecule has 4 aromatic rings. The number of nitrogens with zero attached hydrogens (tertiary/aromatic N) is 2. The molecule has 0 spiro atoms. The number of carbonyl (C=O) groups is 2. The largest absolute Gasteiger partial charge is 0.368 e. The van der Waals surface area contributed by atoms with Gasteiger partial charge in [-0.05, 0) is 43.2 Å². The van der Waals surface area contributed by atoms with E-state index in [1.165, 1.54) is 0 Å². The predicted molar refractivity (Wildman–Crippen MR) is 134 cm³/mol. The van der Waals surface area contributed by atoms with Gasteiger partial charge < -0.3 is 15.4 Å². The normalized spacial score (nSPS) is 15.0. The lowest BCUT2D eigenvalue weighted by atomic mass is 10.1. The molecule has 5 rings (SSSR count). The molecule has 0 radical (unpaired) electrons. The van der Waals surface area contributed by atoms with Crippen LogP contribution in [0.25, 0.3) is 16.9 Å². The Balaban J connectivity index is 1.32. The van der Waals surface area contributed by atoms with Crippen molar-refractivity contribution in [2.45, 2.75) is 25.5 Å². The maximum Gasteiger partial charge on any atom is 0.253 e. The van der Waals surface area contributed by atoms with E-state index in [4.69, 9.17) is 9.84 Å². The maximum atomic E-state index is 13.0. The lowest BCUT2D eigenvalue weighted by Crippen LogP contribution is -2.27. The van der Waals surface area contributed by atoms with Gasteiger partial charge in [0.25, 0.3) is 11.8 Å². The minimum atomic E-state index is -0.426. The topological polar surface area (TPSA) is 85.3 Å². The molecule has 0 saturated carbocycles. The molecule has 2 heterocycles. The first-order valence-corrected chi connectivity index (χ1v) is 11.7. The highest BCUT2D eigenvalue weighted by Crippen LogP contribution is 2.24. The number of ether oxygens (including phenoxy) is 1. The summed E-state index contributed by atoms with van der Waals surface area (Å²) in [5, 5.41) is 10.6. The van der Waals surface area contributed by atoms with Gasteiger partial charge in [0.15, 0.2) is 0 Å². The minimum absolute atomic E-state index is 0.180. The standard InChI is InChI=1S/C28H26N4O3/c33-27(21-11-7-12-23(17-21)30-28(34)25-15-8-16-35-25)29-18-22-19-32(24-13-5-2-6-14-24)31-26(22)20-9-3-1-4-10-20/h1-7,9-14,17,19,25H,8,15-16,18H2,(H,29,33)(H,30,34). The summed E-state index contributed by atoms with van der Waals surface area (Å²) < 4.78 is 7.26. The molecular formula is C28H26N4O3. The molecule has 1 aliphatic rings. The third-order valence-corrected chi connectivity index (χ3v) is 5.91. The van der Waals surface area contributed by atoms with E-state index < -0.39 is 6.10 Å². The van der Waals surface area contributed by atoms with Gasteiger partial charge in [0, 0.05) is 41.7 Å². The quantitative estimate of drug-likeness (QED) is 0.417. The second kappa shape index (κ2) is 10.4. The van der Waals surface area contributed by atoms with Crippen molar-refractivity contribution in [2.75, 3.05) is 11.9 Å². The highest BCUT2D eigenvalue weighted by Gasteiger charge is 2.23. The van der Waals surface area contributed by atoms with Crippen molar-refractivity contribution in [2.24, 2.45) is 0 Å². The minimum Gasteiger partial charge on any atom is -0.368 e. The molecule has 7 heteroatoms. The summed E-state index contributed by atoms with van der Waals surface area (Å²) in [7, 11) is 0. The van der Waals surface area contributed by atoms with Crippen LogP contribution >= 0.6 is 0 Å². The van der Waals surface area contributed by atoms with Gasteiger partial charge in [0.05, 0.1) is 11.4 Å². The molecule has 0 bridgehead atoms. The van der Waals surface area contributed by atoms with Crippen LogP contribution in [0.2, 0.25) is 0 Å². The van der Waals surface area contributed by atoms with Gasteiger partial charge >= 0.3 is 0 Å². The zero-order valence-corrected chi connectivity index (χ0v) is 19.2. The van der Waals surface area contributed by atoms with Crippen LogP contribution in [-0.4, -0.2) is 34.3 Å². The molecular weight excluding hydrogens is 440 g/mol. The van der Waals surface area contributed by atoms with Crippen molar-refractivity contribution in [3.8, 4) is 16.9 Å². The second-order valence-corrected chi connectivity index (χ2v) is 8.40. The van der Waals surface area contributed by atoms with Crippen LogP contribution in [0.3, 0.4) is 0 Å². The molecule has 1 atom stereocenters. The van der Waals surface area contributed by atoms with Gasteiger partial charge in [-0.15, -0.1) is 0 Å². The molecule has 176 valence electrons. The van der Waals surface area contributed by atoms with Crippen LogP contribution in [0, 0.1) is 0 Å². The Kier molecular flexibility index (Phi) is 6.68. The Morgan fingerprint density at radius 2 is 1.74 bits per heavy atom. The van der Waals surface area contributed by atoms with Gasteiger partial charge in [-0.3, -0.25) is 9.59 Å². The molecule has 1 saturated heterocycles. The summed E-state index contributed by atoms with van der Waals surface area (Å²) in [5.74, 6) is -0.412. The summed E-state index contributed by atoms with van der Waals surface area (Å²) in [6, 6.07) is 26.7.